The van der Waals surface area contributed by atoms with Crippen LogP contribution in [0.3, 0.4) is 0 Å². The van der Waals surface area contributed by atoms with Gasteiger partial charge in [0.25, 0.3) is 0 Å². The molecule has 0 spiro atoms. The molecule has 1 aromatic carbocycles. The van der Waals surface area contributed by atoms with Crippen LogP contribution in [0, 0.1) is 0 Å². The van der Waals surface area contributed by atoms with Gasteiger partial charge in [-0.2, -0.15) is 13.2 Å². The summed E-state index contributed by atoms with van der Waals surface area (Å²) in [7, 11) is 0. The lowest BCUT2D eigenvalue weighted by Gasteiger charge is -2.24. The molecule has 2 heterocycles. The fourth-order valence-corrected chi connectivity index (χ4v) is 2.80. The zero-order valence-electron chi connectivity index (χ0n) is 15.8. The van der Waals surface area contributed by atoms with Crippen molar-refractivity contribution in [2.45, 2.75) is 52.2 Å². The molecule has 150 valence electrons. The first-order valence-electron chi connectivity index (χ1n) is 8.74. The average Bonchev–Trinajstić information content (AvgIpc) is 3.01. The number of carbonyl (C=O) groups is 1. The van der Waals surface area contributed by atoms with E-state index < -0.39 is 17.5 Å². The summed E-state index contributed by atoms with van der Waals surface area (Å²) in [4.78, 5) is 21.1. The van der Waals surface area contributed by atoms with Crippen LogP contribution < -0.4 is 5.32 Å². The molecular weight excluding hydrogens is 373 g/mol. The van der Waals surface area contributed by atoms with Gasteiger partial charge in [-0.3, -0.25) is 4.90 Å². The molecule has 1 aromatic heterocycles. The monoisotopic (exact) mass is 394 g/mol. The van der Waals surface area contributed by atoms with Crippen molar-refractivity contribution in [1.29, 1.82) is 0 Å². The highest BCUT2D eigenvalue weighted by molar-refractivity contribution is 5.69. The van der Waals surface area contributed by atoms with Crippen LogP contribution >= 0.6 is 0 Å². The Hall–Kier alpha value is -2.84. The van der Waals surface area contributed by atoms with Crippen molar-refractivity contribution >= 4 is 12.0 Å². The van der Waals surface area contributed by atoms with Crippen molar-refractivity contribution in [3.05, 3.63) is 52.8 Å². The van der Waals surface area contributed by atoms with Gasteiger partial charge in [0.15, 0.2) is 0 Å². The molecule has 0 aliphatic carbocycles. The van der Waals surface area contributed by atoms with E-state index in [1.54, 1.807) is 4.90 Å². The minimum Gasteiger partial charge on any atom is -0.444 e. The maximum Gasteiger partial charge on any atom is 0.433 e. The zero-order valence-corrected chi connectivity index (χ0v) is 15.8. The van der Waals surface area contributed by atoms with Gasteiger partial charge in [0.2, 0.25) is 5.95 Å². The third kappa shape index (κ3) is 4.90. The summed E-state index contributed by atoms with van der Waals surface area (Å²) < 4.78 is 43.6. The van der Waals surface area contributed by atoms with Crippen molar-refractivity contribution in [1.82, 2.24) is 14.9 Å². The van der Waals surface area contributed by atoms with Gasteiger partial charge in [0.1, 0.15) is 11.3 Å². The fraction of sp³-hybridized carbons (Fsp3) is 0.421. The zero-order chi connectivity index (χ0) is 20.5. The second kappa shape index (κ2) is 7.29. The first-order chi connectivity index (χ1) is 13.0. The molecule has 0 saturated heterocycles. The van der Waals surface area contributed by atoms with E-state index in [4.69, 9.17) is 4.74 Å². The van der Waals surface area contributed by atoms with Crippen LogP contribution in [0.2, 0.25) is 0 Å². The number of halogens is 3. The summed E-state index contributed by atoms with van der Waals surface area (Å²) in [6, 6.07) is 6.51. The number of anilines is 1. The van der Waals surface area contributed by atoms with Crippen LogP contribution in [-0.2, 0) is 30.5 Å². The Labute approximate surface area is 160 Å². The molecule has 0 unspecified atom stereocenters. The Bertz CT molecular complexity index is 878. The highest BCUT2D eigenvalue weighted by Gasteiger charge is 2.32. The number of fused-ring (bicyclic) bond motifs is 1. The standard InChI is InChI=1S/C19H21F3N4O2/c1-18(2,3)28-17(27)26-10-13-5-4-12(8-14(13)11-26)9-24-16-23-7-6-15(25-16)19(20,21)22/h4-8H,9-11H2,1-3H3,(H,23,24,25). The van der Waals surface area contributed by atoms with E-state index in [0.717, 1.165) is 29.0 Å². The van der Waals surface area contributed by atoms with E-state index in [1.807, 2.05) is 39.0 Å². The number of benzene rings is 1. The number of aromatic nitrogens is 2. The smallest absolute Gasteiger partial charge is 0.433 e. The molecule has 1 aliphatic rings. The highest BCUT2D eigenvalue weighted by Crippen LogP contribution is 2.28. The molecular formula is C19H21F3N4O2. The Morgan fingerprint density at radius 1 is 1.18 bits per heavy atom. The SMILES string of the molecule is CC(C)(C)OC(=O)N1Cc2ccc(CNc3nccc(C(F)(F)F)n3)cc2C1. The normalized spacial score (nSPS) is 14.0. The Morgan fingerprint density at radius 3 is 2.57 bits per heavy atom. The van der Waals surface area contributed by atoms with E-state index in [1.165, 1.54) is 0 Å². The molecule has 2 aromatic rings. The third-order valence-electron chi connectivity index (χ3n) is 4.04. The molecule has 1 aliphatic heterocycles. The Balaban J connectivity index is 1.64. The number of carbonyl (C=O) groups excluding carboxylic acids is 1. The van der Waals surface area contributed by atoms with Gasteiger partial charge in [-0.15, -0.1) is 0 Å². The Kier molecular flexibility index (Phi) is 5.18. The third-order valence-corrected chi connectivity index (χ3v) is 4.04. The predicted octanol–water partition coefficient (Wildman–Crippen LogP) is 4.36. The topological polar surface area (TPSA) is 67.3 Å². The largest absolute Gasteiger partial charge is 0.444 e. The van der Waals surface area contributed by atoms with Crippen LogP contribution in [0.15, 0.2) is 30.5 Å². The number of nitrogens with zero attached hydrogens (tertiary/aromatic N) is 3. The number of nitrogens with one attached hydrogen (secondary N) is 1. The maximum atomic E-state index is 12.7. The van der Waals surface area contributed by atoms with Crippen LogP contribution in [0.5, 0.6) is 0 Å². The van der Waals surface area contributed by atoms with Gasteiger partial charge < -0.3 is 10.1 Å². The molecule has 0 saturated carbocycles. The lowest BCUT2D eigenvalue weighted by Crippen LogP contribution is -2.33. The fourth-order valence-electron chi connectivity index (χ4n) is 2.80. The number of ether oxygens (including phenoxy) is 1. The van der Waals surface area contributed by atoms with Crippen LogP contribution in [0.1, 0.15) is 43.2 Å². The number of hydrogen-bond acceptors (Lipinski definition) is 5. The van der Waals surface area contributed by atoms with E-state index in [-0.39, 0.29) is 18.6 Å². The number of amides is 1. The predicted molar refractivity (Wildman–Crippen MR) is 96.3 cm³/mol. The lowest BCUT2D eigenvalue weighted by molar-refractivity contribution is -0.141. The number of hydrogen-bond donors (Lipinski definition) is 1. The van der Waals surface area contributed by atoms with E-state index in [0.29, 0.717) is 13.1 Å². The quantitative estimate of drug-likeness (QED) is 0.838. The van der Waals surface area contributed by atoms with Gasteiger partial charge in [0.05, 0.1) is 0 Å². The minimum absolute atomic E-state index is 0.0919. The second-order valence-corrected chi connectivity index (χ2v) is 7.56. The first kappa shape index (κ1) is 19.9. The summed E-state index contributed by atoms with van der Waals surface area (Å²) >= 11 is 0. The van der Waals surface area contributed by atoms with Gasteiger partial charge in [0, 0.05) is 25.8 Å². The molecule has 6 nitrogen and oxygen atoms in total. The van der Waals surface area contributed by atoms with Gasteiger partial charge in [-0.05, 0) is 43.5 Å². The van der Waals surface area contributed by atoms with Crippen LogP contribution in [0.25, 0.3) is 0 Å². The molecule has 0 fully saturated rings. The van der Waals surface area contributed by atoms with Crippen molar-refractivity contribution < 1.29 is 22.7 Å². The molecule has 28 heavy (non-hydrogen) atoms. The molecule has 3 rings (SSSR count). The van der Waals surface area contributed by atoms with Gasteiger partial charge in [-0.25, -0.2) is 14.8 Å². The molecule has 1 amide bonds. The average molecular weight is 394 g/mol. The number of rotatable bonds is 3. The minimum atomic E-state index is -4.52. The van der Waals surface area contributed by atoms with E-state index in [2.05, 4.69) is 15.3 Å². The van der Waals surface area contributed by atoms with Crippen molar-refractivity contribution in [3.63, 3.8) is 0 Å². The van der Waals surface area contributed by atoms with Gasteiger partial charge >= 0.3 is 12.3 Å². The van der Waals surface area contributed by atoms with Gasteiger partial charge in [-0.1, -0.05) is 18.2 Å². The molecule has 0 radical (unpaired) electrons. The molecule has 0 atom stereocenters. The maximum absolute atomic E-state index is 12.7. The first-order valence-corrected chi connectivity index (χ1v) is 8.74. The van der Waals surface area contributed by atoms with Crippen LogP contribution in [-0.4, -0.2) is 26.6 Å². The summed E-state index contributed by atoms with van der Waals surface area (Å²) in [6.07, 6.45) is -3.82. The van der Waals surface area contributed by atoms with E-state index >= 15 is 0 Å². The van der Waals surface area contributed by atoms with Crippen molar-refractivity contribution in [3.8, 4) is 0 Å². The molecule has 0 bridgehead atoms. The summed E-state index contributed by atoms with van der Waals surface area (Å²) in [6.45, 7) is 6.60. The highest BCUT2D eigenvalue weighted by atomic mass is 19.4. The van der Waals surface area contributed by atoms with Crippen molar-refractivity contribution in [2.24, 2.45) is 0 Å². The summed E-state index contributed by atoms with van der Waals surface area (Å²) in [5, 5.41) is 2.80. The molecule has 9 heteroatoms. The second-order valence-electron chi connectivity index (χ2n) is 7.56. The Morgan fingerprint density at radius 2 is 1.89 bits per heavy atom. The summed E-state index contributed by atoms with van der Waals surface area (Å²) in [5.74, 6) is -0.0919. The number of alkyl halides is 3. The lowest BCUT2D eigenvalue weighted by atomic mass is 10.1. The summed E-state index contributed by atoms with van der Waals surface area (Å²) in [5.41, 5.74) is 1.30. The van der Waals surface area contributed by atoms with E-state index in [9.17, 15) is 18.0 Å². The van der Waals surface area contributed by atoms with Crippen molar-refractivity contribution in [2.75, 3.05) is 5.32 Å². The molecule has 1 N–H and O–H groups in total. The van der Waals surface area contributed by atoms with Crippen LogP contribution in [0.4, 0.5) is 23.9 Å².